The lowest BCUT2D eigenvalue weighted by Gasteiger charge is -2.33. The Morgan fingerprint density at radius 1 is 1.25 bits per heavy atom. The summed E-state index contributed by atoms with van der Waals surface area (Å²) in [4.78, 5) is 0. The third kappa shape index (κ3) is 2.84. The molecule has 3 rings (SSSR count). The van der Waals surface area contributed by atoms with Gasteiger partial charge in [0.25, 0.3) is 0 Å². The third-order valence-electron chi connectivity index (χ3n) is 4.25. The number of anilines is 1. The van der Waals surface area contributed by atoms with Crippen LogP contribution in [-0.2, 0) is 0 Å². The van der Waals surface area contributed by atoms with Gasteiger partial charge in [-0.3, -0.25) is 0 Å². The highest BCUT2D eigenvalue weighted by molar-refractivity contribution is 5.61. The van der Waals surface area contributed by atoms with Crippen molar-refractivity contribution in [3.8, 4) is 11.5 Å². The van der Waals surface area contributed by atoms with E-state index in [1.165, 1.54) is 25.7 Å². The van der Waals surface area contributed by atoms with E-state index in [1.807, 2.05) is 12.1 Å². The Balaban J connectivity index is 1.73. The number of hydrogen-bond acceptors (Lipinski definition) is 4. The smallest absolute Gasteiger partial charge is 0.247 e. The van der Waals surface area contributed by atoms with Crippen molar-refractivity contribution >= 4 is 5.69 Å². The van der Waals surface area contributed by atoms with Gasteiger partial charge in [0.2, 0.25) is 12.3 Å². The molecule has 106 valence electrons. The summed E-state index contributed by atoms with van der Waals surface area (Å²) in [6.07, 6.45) is 5.22. The number of rotatable bonds is 3. The average Bonchev–Trinajstić information content (AvgIpc) is 2.96. The number of benzene rings is 1. The van der Waals surface area contributed by atoms with Crippen molar-refractivity contribution in [2.24, 2.45) is 11.8 Å². The van der Waals surface area contributed by atoms with Gasteiger partial charge in [0.1, 0.15) is 0 Å². The Hall–Kier alpha value is -1.84. The minimum absolute atomic E-state index is 0.559. The summed E-state index contributed by atoms with van der Waals surface area (Å²) in [5.74, 6) is 2.14. The summed E-state index contributed by atoms with van der Waals surface area (Å²) in [7, 11) is 0. The van der Waals surface area contributed by atoms with Gasteiger partial charge < -0.3 is 9.73 Å². The fourth-order valence-corrected chi connectivity index (χ4v) is 3.13. The molecule has 0 spiro atoms. The minimum atomic E-state index is 0.559. The van der Waals surface area contributed by atoms with Crippen LogP contribution in [0.5, 0.6) is 0 Å². The molecular formula is C16H21N3O. The number of nitrogens with one attached hydrogen (secondary N) is 1. The van der Waals surface area contributed by atoms with Crippen LogP contribution in [0.25, 0.3) is 11.5 Å². The zero-order valence-corrected chi connectivity index (χ0v) is 12.0. The summed E-state index contributed by atoms with van der Waals surface area (Å²) in [5, 5.41) is 11.3. The van der Waals surface area contributed by atoms with Crippen LogP contribution in [0.4, 0.5) is 5.69 Å². The highest BCUT2D eigenvalue weighted by atomic mass is 16.4. The molecular weight excluding hydrogens is 250 g/mol. The molecule has 1 saturated carbocycles. The molecule has 0 saturated heterocycles. The first-order valence-corrected chi connectivity index (χ1v) is 7.35. The molecule has 1 aliphatic carbocycles. The van der Waals surface area contributed by atoms with Crippen LogP contribution in [0.15, 0.2) is 35.1 Å². The van der Waals surface area contributed by atoms with Gasteiger partial charge in [-0.15, -0.1) is 10.2 Å². The normalized spacial score (nSPS) is 26.4. The molecule has 2 aromatic rings. The van der Waals surface area contributed by atoms with Crippen molar-refractivity contribution in [1.82, 2.24) is 10.2 Å². The third-order valence-corrected chi connectivity index (χ3v) is 4.25. The van der Waals surface area contributed by atoms with Crippen molar-refractivity contribution in [2.75, 3.05) is 5.32 Å². The maximum absolute atomic E-state index is 5.25. The van der Waals surface area contributed by atoms with E-state index in [1.54, 1.807) is 0 Å². The van der Waals surface area contributed by atoms with Gasteiger partial charge in [-0.1, -0.05) is 19.9 Å². The molecule has 20 heavy (non-hydrogen) atoms. The molecule has 1 aromatic carbocycles. The van der Waals surface area contributed by atoms with Gasteiger partial charge in [-0.2, -0.15) is 0 Å². The Kier molecular flexibility index (Phi) is 3.72. The Bertz CT molecular complexity index is 553. The Morgan fingerprint density at radius 3 is 2.90 bits per heavy atom. The lowest BCUT2D eigenvalue weighted by Crippen LogP contribution is -2.32. The van der Waals surface area contributed by atoms with Crippen LogP contribution in [0.1, 0.15) is 33.1 Å². The van der Waals surface area contributed by atoms with Gasteiger partial charge in [-0.05, 0) is 49.3 Å². The van der Waals surface area contributed by atoms with Crippen LogP contribution in [0.3, 0.4) is 0 Å². The van der Waals surface area contributed by atoms with Gasteiger partial charge in [0.05, 0.1) is 0 Å². The number of nitrogens with zero attached hydrogens (tertiary/aromatic N) is 2. The lowest BCUT2D eigenvalue weighted by atomic mass is 9.80. The summed E-state index contributed by atoms with van der Waals surface area (Å²) in [6.45, 7) is 4.69. The standard InChI is InChI=1S/C16H21N3O/c1-11-6-7-15(12(2)8-11)18-14-5-3-4-13(9-14)16-19-17-10-20-16/h3-5,9-12,15,18H,6-8H2,1-2H3. The summed E-state index contributed by atoms with van der Waals surface area (Å²) < 4.78 is 5.25. The van der Waals surface area contributed by atoms with Crippen molar-refractivity contribution in [3.05, 3.63) is 30.7 Å². The molecule has 0 radical (unpaired) electrons. The van der Waals surface area contributed by atoms with Crippen LogP contribution >= 0.6 is 0 Å². The average molecular weight is 271 g/mol. The van der Waals surface area contributed by atoms with Crippen LogP contribution in [0.2, 0.25) is 0 Å². The molecule has 4 nitrogen and oxygen atoms in total. The van der Waals surface area contributed by atoms with Crippen molar-refractivity contribution in [3.63, 3.8) is 0 Å². The van der Waals surface area contributed by atoms with Crippen molar-refractivity contribution in [2.45, 2.75) is 39.2 Å². The topological polar surface area (TPSA) is 51.0 Å². The fourth-order valence-electron chi connectivity index (χ4n) is 3.13. The molecule has 3 atom stereocenters. The molecule has 0 aliphatic heterocycles. The Labute approximate surface area is 119 Å². The maximum Gasteiger partial charge on any atom is 0.247 e. The van der Waals surface area contributed by atoms with Gasteiger partial charge in [-0.25, -0.2) is 0 Å². The second-order valence-corrected chi connectivity index (χ2v) is 5.97. The fraction of sp³-hybridized carbons (Fsp3) is 0.500. The minimum Gasteiger partial charge on any atom is -0.423 e. The first kappa shape index (κ1) is 13.2. The van der Waals surface area contributed by atoms with Crippen LogP contribution in [-0.4, -0.2) is 16.2 Å². The summed E-state index contributed by atoms with van der Waals surface area (Å²) >= 11 is 0. The first-order chi connectivity index (χ1) is 9.72. The Morgan fingerprint density at radius 2 is 2.15 bits per heavy atom. The molecule has 3 unspecified atom stereocenters. The summed E-state index contributed by atoms with van der Waals surface area (Å²) in [5.41, 5.74) is 2.09. The van der Waals surface area contributed by atoms with Crippen LogP contribution in [0, 0.1) is 11.8 Å². The second-order valence-electron chi connectivity index (χ2n) is 5.97. The monoisotopic (exact) mass is 271 g/mol. The predicted octanol–water partition coefficient (Wildman–Crippen LogP) is 3.97. The second kappa shape index (κ2) is 5.65. The molecule has 0 amide bonds. The van der Waals surface area contributed by atoms with E-state index >= 15 is 0 Å². The quantitative estimate of drug-likeness (QED) is 0.917. The molecule has 1 N–H and O–H groups in total. The predicted molar refractivity (Wildman–Crippen MR) is 79.3 cm³/mol. The zero-order valence-electron chi connectivity index (χ0n) is 12.0. The van der Waals surface area contributed by atoms with Gasteiger partial charge in [0.15, 0.2) is 0 Å². The van der Waals surface area contributed by atoms with Crippen LogP contribution < -0.4 is 5.32 Å². The number of aromatic nitrogens is 2. The van der Waals surface area contributed by atoms with Gasteiger partial charge >= 0.3 is 0 Å². The van der Waals surface area contributed by atoms with Crippen molar-refractivity contribution < 1.29 is 4.42 Å². The zero-order chi connectivity index (χ0) is 13.9. The molecule has 1 fully saturated rings. The van der Waals surface area contributed by atoms with E-state index in [-0.39, 0.29) is 0 Å². The molecule has 1 aliphatic rings. The molecule has 0 bridgehead atoms. The van der Waals surface area contributed by atoms with E-state index in [0.29, 0.717) is 17.9 Å². The first-order valence-electron chi connectivity index (χ1n) is 7.35. The SMILES string of the molecule is CC1CCC(Nc2cccc(-c3nnco3)c2)C(C)C1. The van der Waals surface area contributed by atoms with E-state index in [0.717, 1.165) is 17.2 Å². The highest BCUT2D eigenvalue weighted by Crippen LogP contribution is 2.31. The molecule has 1 aromatic heterocycles. The number of hydrogen-bond donors (Lipinski definition) is 1. The van der Waals surface area contributed by atoms with E-state index < -0.39 is 0 Å². The van der Waals surface area contributed by atoms with Gasteiger partial charge in [0, 0.05) is 17.3 Å². The summed E-state index contributed by atoms with van der Waals surface area (Å²) in [6, 6.07) is 8.76. The lowest BCUT2D eigenvalue weighted by molar-refractivity contribution is 0.276. The molecule has 1 heterocycles. The molecule has 4 heteroatoms. The largest absolute Gasteiger partial charge is 0.423 e. The maximum atomic E-state index is 5.25. The van der Waals surface area contributed by atoms with Crippen molar-refractivity contribution in [1.29, 1.82) is 0 Å². The van der Waals surface area contributed by atoms with E-state index in [9.17, 15) is 0 Å². The van der Waals surface area contributed by atoms with E-state index in [2.05, 4.69) is 41.5 Å². The highest BCUT2D eigenvalue weighted by Gasteiger charge is 2.25. The van der Waals surface area contributed by atoms with E-state index in [4.69, 9.17) is 4.42 Å².